The van der Waals surface area contributed by atoms with Crippen molar-refractivity contribution in [2.45, 2.75) is 78.7 Å². The maximum atomic E-state index is 15.6. The third-order valence-electron chi connectivity index (χ3n) is 6.17. The second-order valence-electron chi connectivity index (χ2n) is 9.11. The number of halogens is 4. The van der Waals surface area contributed by atoms with Gasteiger partial charge in [0.1, 0.15) is 5.69 Å². The maximum Gasteiger partial charge on any atom is 0.417 e. The number of nitrogens with zero attached hydrogens (tertiary/aromatic N) is 1. The number of rotatable bonds is 6. The lowest BCUT2D eigenvalue weighted by molar-refractivity contribution is -0.138. The Morgan fingerprint density at radius 1 is 1.11 bits per heavy atom. The molecule has 0 spiro atoms. The van der Waals surface area contributed by atoms with Gasteiger partial charge in [-0.05, 0) is 70.2 Å². The van der Waals surface area contributed by atoms with E-state index in [0.717, 1.165) is 0 Å². The summed E-state index contributed by atoms with van der Waals surface area (Å²) in [7, 11) is -8.63. The normalized spacial score (nSPS) is 21.4. The van der Waals surface area contributed by atoms with Gasteiger partial charge >= 0.3 is 6.18 Å². The van der Waals surface area contributed by atoms with E-state index in [-0.39, 0.29) is 17.7 Å². The molecule has 1 N–H and O–H groups in total. The minimum absolute atomic E-state index is 0.0832. The SMILES string of the molecule is Cc1cccc(S(=O)(=O)[C@]2(F)CC[C@H](NC(=O)c3ncc(C(F)(F)F)cc3S(=O)(=O)C(C)C)CC2)c1. The molecule has 1 fully saturated rings. The highest BCUT2D eigenvalue weighted by Crippen LogP contribution is 2.40. The Bertz CT molecular complexity index is 1370. The summed E-state index contributed by atoms with van der Waals surface area (Å²) < 4.78 is 106. The number of hydrogen-bond donors (Lipinski definition) is 1. The molecule has 0 radical (unpaired) electrons. The summed E-state index contributed by atoms with van der Waals surface area (Å²) >= 11 is 0. The van der Waals surface area contributed by atoms with Crippen LogP contribution in [0.15, 0.2) is 46.3 Å². The second-order valence-corrected chi connectivity index (χ2v) is 13.8. The monoisotopic (exact) mass is 550 g/mol. The molecule has 1 aromatic heterocycles. The molecule has 1 heterocycles. The summed E-state index contributed by atoms with van der Waals surface area (Å²) in [5.74, 6) is -1.04. The summed E-state index contributed by atoms with van der Waals surface area (Å²) in [6.45, 7) is 4.20. The van der Waals surface area contributed by atoms with Crippen molar-refractivity contribution in [2.75, 3.05) is 0 Å². The predicted molar refractivity (Wildman–Crippen MR) is 123 cm³/mol. The molecule has 1 aliphatic carbocycles. The molecule has 7 nitrogen and oxygen atoms in total. The minimum Gasteiger partial charge on any atom is -0.348 e. The number of amides is 1. The number of hydrogen-bond acceptors (Lipinski definition) is 6. The van der Waals surface area contributed by atoms with E-state index < -0.39 is 77.0 Å². The van der Waals surface area contributed by atoms with Crippen molar-refractivity contribution in [1.29, 1.82) is 0 Å². The third kappa shape index (κ3) is 5.41. The molecule has 36 heavy (non-hydrogen) atoms. The lowest BCUT2D eigenvalue weighted by atomic mass is 9.93. The van der Waals surface area contributed by atoms with Gasteiger partial charge < -0.3 is 5.32 Å². The van der Waals surface area contributed by atoms with Crippen LogP contribution in [-0.2, 0) is 25.9 Å². The number of carbonyl (C=O) groups is 1. The van der Waals surface area contributed by atoms with Crippen LogP contribution in [0.3, 0.4) is 0 Å². The number of sulfone groups is 2. The first-order chi connectivity index (χ1) is 16.5. The van der Waals surface area contributed by atoms with Gasteiger partial charge in [0.25, 0.3) is 5.91 Å². The van der Waals surface area contributed by atoms with Crippen molar-refractivity contribution in [3.8, 4) is 0 Å². The first kappa shape index (κ1) is 28.0. The zero-order chi connectivity index (χ0) is 27.1. The average molecular weight is 551 g/mol. The quantitative estimate of drug-likeness (QED) is 0.534. The summed E-state index contributed by atoms with van der Waals surface area (Å²) in [5.41, 5.74) is -1.38. The Morgan fingerprint density at radius 2 is 1.72 bits per heavy atom. The fraction of sp³-hybridized carbons (Fsp3) is 0.478. The second kappa shape index (κ2) is 9.73. The van der Waals surface area contributed by atoms with Gasteiger partial charge in [0.15, 0.2) is 9.84 Å². The van der Waals surface area contributed by atoms with Crippen molar-refractivity contribution in [2.24, 2.45) is 0 Å². The minimum atomic E-state index is -4.88. The number of carbonyl (C=O) groups excluding carboxylic acids is 1. The molecule has 0 bridgehead atoms. The number of pyridine rings is 1. The zero-order valence-corrected chi connectivity index (χ0v) is 21.4. The zero-order valence-electron chi connectivity index (χ0n) is 19.8. The van der Waals surface area contributed by atoms with Crippen molar-refractivity contribution in [1.82, 2.24) is 10.3 Å². The molecule has 13 heteroatoms. The predicted octanol–water partition coefficient (Wildman–Crippen LogP) is 4.40. The van der Waals surface area contributed by atoms with Crippen LogP contribution in [0, 0.1) is 6.92 Å². The van der Waals surface area contributed by atoms with E-state index in [2.05, 4.69) is 10.3 Å². The fourth-order valence-corrected chi connectivity index (χ4v) is 6.96. The molecule has 1 aromatic carbocycles. The van der Waals surface area contributed by atoms with Gasteiger partial charge in [-0.15, -0.1) is 0 Å². The van der Waals surface area contributed by atoms with E-state index >= 15 is 4.39 Å². The van der Waals surface area contributed by atoms with Gasteiger partial charge in [-0.25, -0.2) is 26.2 Å². The molecule has 0 atom stereocenters. The molecular weight excluding hydrogens is 524 g/mol. The van der Waals surface area contributed by atoms with Crippen LogP contribution in [-0.4, -0.2) is 44.0 Å². The topological polar surface area (TPSA) is 110 Å². The Balaban J connectivity index is 1.82. The molecule has 1 saturated carbocycles. The van der Waals surface area contributed by atoms with Crippen LogP contribution in [0.5, 0.6) is 0 Å². The summed E-state index contributed by atoms with van der Waals surface area (Å²) in [4.78, 5) is 15.3. The summed E-state index contributed by atoms with van der Waals surface area (Å²) in [6, 6.07) is 5.52. The number of nitrogens with one attached hydrogen (secondary N) is 1. The van der Waals surface area contributed by atoms with Crippen LogP contribution in [0.1, 0.15) is 61.1 Å². The summed E-state index contributed by atoms with van der Waals surface area (Å²) in [6.07, 6.45) is -5.52. The van der Waals surface area contributed by atoms with E-state index in [1.54, 1.807) is 13.0 Å². The molecule has 0 unspecified atom stereocenters. The molecule has 198 valence electrons. The molecule has 0 saturated heterocycles. The summed E-state index contributed by atoms with van der Waals surface area (Å²) in [5, 5.41) is -1.20. The molecule has 3 rings (SSSR count). The van der Waals surface area contributed by atoms with Crippen molar-refractivity contribution in [3.05, 3.63) is 53.3 Å². The Labute approximate surface area is 207 Å². The number of alkyl halides is 4. The van der Waals surface area contributed by atoms with E-state index in [4.69, 9.17) is 0 Å². The molecular formula is C23H26F4N2O5S2. The largest absolute Gasteiger partial charge is 0.417 e. The van der Waals surface area contributed by atoms with Gasteiger partial charge in [0, 0.05) is 12.2 Å². The number of benzene rings is 1. The van der Waals surface area contributed by atoms with Crippen molar-refractivity contribution < 1.29 is 39.2 Å². The van der Waals surface area contributed by atoms with E-state index in [0.29, 0.717) is 17.8 Å². The standard InChI is InChI=1S/C23H26F4N2O5S2/c1-14(2)35(31,32)19-12-16(23(25,26)27)13-28-20(19)21(30)29-17-7-9-22(24,10-8-17)36(33,34)18-6-4-5-15(3)11-18/h4-6,11-14,17H,7-10H2,1-3H3,(H,29,30)/t17-,22+. The highest BCUT2D eigenvalue weighted by Gasteiger charge is 2.48. The lowest BCUT2D eigenvalue weighted by Gasteiger charge is -2.34. The Kier molecular flexibility index (Phi) is 7.58. The van der Waals surface area contributed by atoms with E-state index in [1.165, 1.54) is 32.0 Å². The van der Waals surface area contributed by atoms with E-state index in [1.807, 2.05) is 0 Å². The van der Waals surface area contributed by atoms with Crippen molar-refractivity contribution in [3.63, 3.8) is 0 Å². The molecule has 1 amide bonds. The molecule has 1 aliphatic rings. The fourth-order valence-electron chi connectivity index (χ4n) is 3.95. The van der Waals surface area contributed by atoms with Gasteiger partial charge in [-0.3, -0.25) is 4.79 Å². The lowest BCUT2D eigenvalue weighted by Crippen LogP contribution is -2.45. The van der Waals surface area contributed by atoms with Crippen LogP contribution in [0.25, 0.3) is 0 Å². The number of aromatic nitrogens is 1. The van der Waals surface area contributed by atoms with Gasteiger partial charge in [-0.2, -0.15) is 13.2 Å². The number of aryl methyl sites for hydroxylation is 1. The Morgan fingerprint density at radius 3 is 2.25 bits per heavy atom. The van der Waals surface area contributed by atoms with Crippen LogP contribution < -0.4 is 5.32 Å². The van der Waals surface area contributed by atoms with E-state index in [9.17, 15) is 34.8 Å². The Hall–Kier alpha value is -2.54. The van der Waals surface area contributed by atoms with Crippen LogP contribution in [0.4, 0.5) is 17.6 Å². The van der Waals surface area contributed by atoms with Crippen LogP contribution >= 0.6 is 0 Å². The first-order valence-electron chi connectivity index (χ1n) is 11.1. The first-order valence-corrected chi connectivity index (χ1v) is 14.1. The average Bonchev–Trinajstić information content (AvgIpc) is 2.79. The van der Waals surface area contributed by atoms with Gasteiger partial charge in [-0.1, -0.05) is 12.1 Å². The molecule has 2 aromatic rings. The molecule has 0 aliphatic heterocycles. The van der Waals surface area contributed by atoms with Crippen LogP contribution in [0.2, 0.25) is 0 Å². The maximum absolute atomic E-state index is 15.6. The van der Waals surface area contributed by atoms with Gasteiger partial charge in [0.2, 0.25) is 14.8 Å². The van der Waals surface area contributed by atoms with Crippen molar-refractivity contribution >= 4 is 25.6 Å². The van der Waals surface area contributed by atoms with Gasteiger partial charge in [0.05, 0.1) is 20.6 Å². The smallest absolute Gasteiger partial charge is 0.348 e. The third-order valence-corrected chi connectivity index (χ3v) is 10.6. The highest BCUT2D eigenvalue weighted by molar-refractivity contribution is 7.92. The highest BCUT2D eigenvalue weighted by atomic mass is 32.2.